The summed E-state index contributed by atoms with van der Waals surface area (Å²) in [5.41, 5.74) is 3.37. The summed E-state index contributed by atoms with van der Waals surface area (Å²) in [5.74, 6) is -1.96. The molecule has 0 saturated carbocycles. The van der Waals surface area contributed by atoms with Gasteiger partial charge < -0.3 is 30.9 Å². The van der Waals surface area contributed by atoms with Crippen LogP contribution in [0.5, 0.6) is 0 Å². The van der Waals surface area contributed by atoms with E-state index in [2.05, 4.69) is 25.8 Å². The number of aliphatic carboxylic acids is 1. The summed E-state index contributed by atoms with van der Waals surface area (Å²) in [7, 11) is 0. The van der Waals surface area contributed by atoms with Gasteiger partial charge in [0.2, 0.25) is 11.8 Å². The first-order valence-electron chi connectivity index (χ1n) is 18.8. The number of β-amino-alcohol motifs (C(OH)–C–C–N with tert-alkyl or cyclic N) is 1. The number of aliphatic hydroxyl groups excluding tert-OH is 1. The molecule has 290 valence electrons. The molecule has 54 heavy (non-hydrogen) atoms. The van der Waals surface area contributed by atoms with Gasteiger partial charge in [-0.15, -0.1) is 0 Å². The average Bonchev–Trinajstić information content (AvgIpc) is 3.46. The Hall–Kier alpha value is -4.85. The number of nitrogens with zero attached hydrogens (tertiary/aromatic N) is 3. The number of nitrogens with one attached hydrogen (secondary N) is 3. The number of carbonyl (C=O) groups is 4. The van der Waals surface area contributed by atoms with Gasteiger partial charge in [-0.3, -0.25) is 29.2 Å². The van der Waals surface area contributed by atoms with Crippen molar-refractivity contribution in [3.05, 3.63) is 101 Å². The largest absolute Gasteiger partial charge is 0.481 e. The van der Waals surface area contributed by atoms with E-state index in [4.69, 9.17) is 9.84 Å². The summed E-state index contributed by atoms with van der Waals surface area (Å²) in [6.07, 6.45) is 2.40. The van der Waals surface area contributed by atoms with Gasteiger partial charge in [0.25, 0.3) is 0 Å². The van der Waals surface area contributed by atoms with Crippen molar-refractivity contribution in [2.45, 2.75) is 89.3 Å². The van der Waals surface area contributed by atoms with E-state index in [1.807, 2.05) is 98.6 Å². The van der Waals surface area contributed by atoms with Crippen LogP contribution in [0.1, 0.15) is 68.3 Å². The number of carboxylic acid groups (broad SMARTS) is 1. The molecule has 0 radical (unpaired) electrons. The Morgan fingerprint density at radius 3 is 2.44 bits per heavy atom. The number of piperazine rings is 1. The van der Waals surface area contributed by atoms with Crippen LogP contribution in [0.3, 0.4) is 0 Å². The lowest BCUT2D eigenvalue weighted by Gasteiger charge is -2.42. The van der Waals surface area contributed by atoms with Crippen molar-refractivity contribution < 1.29 is 34.1 Å². The van der Waals surface area contributed by atoms with E-state index in [1.165, 1.54) is 0 Å². The molecule has 13 heteroatoms. The molecule has 3 amide bonds. The zero-order valence-electron chi connectivity index (χ0n) is 31.4. The van der Waals surface area contributed by atoms with Crippen LogP contribution in [-0.2, 0) is 38.5 Å². The summed E-state index contributed by atoms with van der Waals surface area (Å²) in [6.45, 7) is 8.59. The number of carboxylic acids is 1. The smallest absolute Gasteiger partial charge is 0.407 e. The quantitative estimate of drug-likeness (QED) is 0.137. The molecule has 0 spiro atoms. The molecule has 1 aliphatic heterocycles. The number of carbonyl (C=O) groups excluding carboxylic acids is 3. The normalized spacial score (nSPS) is 20.0. The molecule has 3 unspecified atom stereocenters. The summed E-state index contributed by atoms with van der Waals surface area (Å²) in [6, 6.07) is 20.1. The topological polar surface area (TPSA) is 173 Å². The summed E-state index contributed by atoms with van der Waals surface area (Å²) >= 11 is 0. The minimum atomic E-state index is -0.945. The van der Waals surface area contributed by atoms with Crippen molar-refractivity contribution in [3.8, 4) is 0 Å². The van der Waals surface area contributed by atoms with Crippen molar-refractivity contribution in [2.75, 3.05) is 32.7 Å². The molecule has 5 rings (SSSR count). The highest BCUT2D eigenvalue weighted by Gasteiger charge is 2.39. The van der Waals surface area contributed by atoms with Crippen LogP contribution in [0.4, 0.5) is 4.79 Å². The molecule has 2 aromatic carbocycles. The number of amides is 3. The van der Waals surface area contributed by atoms with Crippen LogP contribution >= 0.6 is 0 Å². The molecule has 1 aliphatic carbocycles. The fourth-order valence-corrected chi connectivity index (χ4v) is 7.27. The minimum absolute atomic E-state index is 0.0738. The lowest BCUT2D eigenvalue weighted by Crippen LogP contribution is -2.61. The molecule has 13 nitrogen and oxygen atoms in total. The number of rotatable bonds is 16. The van der Waals surface area contributed by atoms with Gasteiger partial charge in [0.15, 0.2) is 0 Å². The molecular formula is C41H54N6O7. The first-order chi connectivity index (χ1) is 25.8. The van der Waals surface area contributed by atoms with Gasteiger partial charge >= 0.3 is 12.1 Å². The van der Waals surface area contributed by atoms with Gasteiger partial charge in [0, 0.05) is 76.0 Å². The van der Waals surface area contributed by atoms with Gasteiger partial charge in [-0.2, -0.15) is 0 Å². The van der Waals surface area contributed by atoms with Crippen molar-refractivity contribution in [1.82, 2.24) is 30.7 Å². The van der Waals surface area contributed by atoms with E-state index in [9.17, 15) is 24.3 Å². The van der Waals surface area contributed by atoms with Crippen molar-refractivity contribution >= 4 is 23.9 Å². The maximum absolute atomic E-state index is 14.3. The molecule has 2 aliphatic rings. The fraction of sp³-hybridized carbons (Fsp3) is 0.488. The lowest BCUT2D eigenvalue weighted by molar-refractivity contribution is -0.137. The predicted molar refractivity (Wildman–Crippen MR) is 203 cm³/mol. The van der Waals surface area contributed by atoms with E-state index in [0.717, 1.165) is 22.3 Å². The maximum Gasteiger partial charge on any atom is 0.407 e. The lowest BCUT2D eigenvalue weighted by atomic mass is 9.91. The van der Waals surface area contributed by atoms with Gasteiger partial charge in [-0.25, -0.2) is 4.79 Å². The second-order valence-corrected chi connectivity index (χ2v) is 15.4. The first kappa shape index (κ1) is 40.3. The Kier molecular flexibility index (Phi) is 14.2. The van der Waals surface area contributed by atoms with Gasteiger partial charge in [-0.05, 0) is 68.4 Å². The Balaban J connectivity index is 1.29. The van der Waals surface area contributed by atoms with Crippen LogP contribution in [0, 0.1) is 5.92 Å². The molecule has 2 heterocycles. The van der Waals surface area contributed by atoms with Crippen LogP contribution in [0.25, 0.3) is 0 Å². The van der Waals surface area contributed by atoms with Gasteiger partial charge in [-0.1, -0.05) is 60.7 Å². The highest BCUT2D eigenvalue weighted by Crippen LogP contribution is 2.34. The highest BCUT2D eigenvalue weighted by molar-refractivity contribution is 5.83. The number of hydrogen-bond acceptors (Lipinski definition) is 9. The number of fused-ring (bicyclic) bond motifs is 1. The van der Waals surface area contributed by atoms with Gasteiger partial charge in [0.1, 0.15) is 12.1 Å². The standard InChI is InChI=1S/C41H54N6O7/c1-41(2,3)45-39(52)34-27-46(25-29-13-9-17-42-24-29)19-20-47(34)26-32(48)22-31(21-28-11-5-4-6-12-28)38(51)44-37-33-15-8-7-14-30(33)23-35(37)54-40(53)43-18-10-16-36(49)50/h4-9,11-15,17,24,31-32,34-35,37,48H,10,16,18-23,25-27H2,1-3H3,(H,43,53)(H,44,51)(H,45,52)(H,49,50)/t31-,32+,34?,35?,37?/m1/s1. The summed E-state index contributed by atoms with van der Waals surface area (Å²) in [5, 5.41) is 29.5. The van der Waals surface area contributed by atoms with Crippen molar-refractivity contribution in [3.63, 3.8) is 0 Å². The molecule has 1 saturated heterocycles. The van der Waals surface area contributed by atoms with Crippen LogP contribution in [0.15, 0.2) is 79.1 Å². The number of benzene rings is 2. The maximum atomic E-state index is 14.3. The van der Waals surface area contributed by atoms with E-state index < -0.39 is 47.8 Å². The van der Waals surface area contributed by atoms with E-state index in [0.29, 0.717) is 39.0 Å². The number of aromatic nitrogens is 1. The number of pyridine rings is 1. The molecule has 0 bridgehead atoms. The van der Waals surface area contributed by atoms with E-state index in [-0.39, 0.29) is 44.2 Å². The zero-order valence-corrected chi connectivity index (χ0v) is 31.4. The minimum Gasteiger partial charge on any atom is -0.481 e. The Morgan fingerprint density at radius 2 is 1.72 bits per heavy atom. The number of hydrogen-bond donors (Lipinski definition) is 5. The predicted octanol–water partition coefficient (Wildman–Crippen LogP) is 3.47. The van der Waals surface area contributed by atoms with E-state index in [1.54, 1.807) is 6.20 Å². The Morgan fingerprint density at radius 1 is 0.981 bits per heavy atom. The molecule has 3 aromatic rings. The average molecular weight is 743 g/mol. The monoisotopic (exact) mass is 742 g/mol. The highest BCUT2D eigenvalue weighted by atomic mass is 16.6. The summed E-state index contributed by atoms with van der Waals surface area (Å²) < 4.78 is 5.80. The fourth-order valence-electron chi connectivity index (χ4n) is 7.27. The van der Waals surface area contributed by atoms with E-state index >= 15 is 0 Å². The van der Waals surface area contributed by atoms with Crippen molar-refractivity contribution in [1.29, 1.82) is 0 Å². The SMILES string of the molecule is CC(C)(C)NC(=O)C1CN(Cc2cccnc2)CCN1C[C@@H](O)C[C@@H](Cc1ccccc1)C(=O)NC1c2ccccc2CC1OC(=O)NCCCC(=O)O. The first-order valence-corrected chi connectivity index (χ1v) is 18.8. The second-order valence-electron chi connectivity index (χ2n) is 15.4. The number of ether oxygens (including phenoxy) is 1. The van der Waals surface area contributed by atoms with Crippen molar-refractivity contribution in [2.24, 2.45) is 5.92 Å². The third-order valence-electron chi connectivity index (χ3n) is 9.78. The zero-order chi connectivity index (χ0) is 38.7. The molecule has 1 aromatic heterocycles. The Labute approximate surface area is 317 Å². The van der Waals surface area contributed by atoms with Gasteiger partial charge in [0.05, 0.1) is 12.1 Å². The molecular weight excluding hydrogens is 688 g/mol. The number of alkyl carbamates (subject to hydrolysis) is 1. The van der Waals surface area contributed by atoms with Crippen LogP contribution in [-0.4, -0.2) is 105 Å². The second kappa shape index (κ2) is 19.0. The Bertz CT molecular complexity index is 1700. The summed E-state index contributed by atoms with van der Waals surface area (Å²) in [4.78, 5) is 60.0. The van der Waals surface area contributed by atoms with Crippen LogP contribution < -0.4 is 16.0 Å². The molecule has 5 N–H and O–H groups in total. The number of aliphatic hydroxyl groups is 1. The van der Waals surface area contributed by atoms with Crippen LogP contribution in [0.2, 0.25) is 0 Å². The third-order valence-corrected chi connectivity index (χ3v) is 9.78. The molecule has 5 atom stereocenters. The third kappa shape index (κ3) is 12.1. The molecule has 1 fully saturated rings.